The Morgan fingerprint density at radius 3 is 2.51 bits per heavy atom. The van der Waals surface area contributed by atoms with Crippen LogP contribution in [-0.2, 0) is 19.1 Å². The maximum Gasteiger partial charge on any atom is 0.253 e. The molecule has 39 heavy (non-hydrogen) atoms. The van der Waals surface area contributed by atoms with E-state index in [1.54, 1.807) is 51.1 Å². The molecule has 3 aliphatic rings. The second-order valence-corrected chi connectivity index (χ2v) is 11.1. The van der Waals surface area contributed by atoms with Gasteiger partial charge in [-0.2, -0.15) is 0 Å². The lowest BCUT2D eigenvalue weighted by Gasteiger charge is -2.37. The number of carbonyl (C=O) groups excluding carboxylic acids is 3. The van der Waals surface area contributed by atoms with E-state index < -0.39 is 29.1 Å². The van der Waals surface area contributed by atoms with Gasteiger partial charge in [0.2, 0.25) is 11.8 Å². The molecule has 3 fully saturated rings. The van der Waals surface area contributed by atoms with Crippen LogP contribution in [0.15, 0.2) is 49.6 Å². The number of rotatable bonds is 13. The third-order valence-corrected chi connectivity index (χ3v) is 8.93. The number of halogens is 1. The lowest BCUT2D eigenvalue weighted by atomic mass is 9.64. The molecular formula is C30H40ClN3O5. The van der Waals surface area contributed by atoms with E-state index in [1.165, 1.54) is 0 Å². The number of carbonyl (C=O) groups is 3. The van der Waals surface area contributed by atoms with Crippen LogP contribution < -0.4 is 4.90 Å². The maximum atomic E-state index is 14.5. The molecular weight excluding hydrogens is 518 g/mol. The SMILES string of the molecule is C=CCN(CCC)C(=O)[C@H]1[C@H]2C(=O)N(CCCO)C(C(=O)N(CC=C)c3ccccc3Cl)C23CC[C@]1(CC)O3. The molecule has 4 rings (SSSR count). The summed E-state index contributed by atoms with van der Waals surface area (Å²) in [6.07, 6.45) is 6.03. The fourth-order valence-corrected chi connectivity index (χ4v) is 7.26. The number of aliphatic hydroxyl groups is 1. The van der Waals surface area contributed by atoms with Crippen LogP contribution in [-0.4, -0.2) is 82.7 Å². The quantitative estimate of drug-likeness (QED) is 0.372. The Hall–Kier alpha value is -2.68. The summed E-state index contributed by atoms with van der Waals surface area (Å²) in [7, 11) is 0. The zero-order valence-electron chi connectivity index (χ0n) is 23.0. The number of benzene rings is 1. The molecule has 1 N–H and O–H groups in total. The lowest BCUT2D eigenvalue weighted by Crippen LogP contribution is -2.56. The normalized spacial score (nSPS) is 28.9. The minimum atomic E-state index is -1.15. The highest BCUT2D eigenvalue weighted by Crippen LogP contribution is 2.64. The Labute approximate surface area is 236 Å². The molecule has 1 aromatic rings. The summed E-state index contributed by atoms with van der Waals surface area (Å²) in [5.74, 6) is -2.19. The van der Waals surface area contributed by atoms with Crippen LogP contribution in [0.1, 0.15) is 46.0 Å². The van der Waals surface area contributed by atoms with Gasteiger partial charge in [-0.1, -0.05) is 49.7 Å². The van der Waals surface area contributed by atoms with Gasteiger partial charge in [-0.05, 0) is 44.2 Å². The van der Waals surface area contributed by atoms with Gasteiger partial charge in [-0.25, -0.2) is 0 Å². The van der Waals surface area contributed by atoms with Crippen LogP contribution in [0.3, 0.4) is 0 Å². The fraction of sp³-hybridized carbons (Fsp3) is 0.567. The van der Waals surface area contributed by atoms with E-state index in [1.807, 2.05) is 13.8 Å². The molecule has 9 heteroatoms. The largest absolute Gasteiger partial charge is 0.396 e. The Balaban J connectivity index is 1.83. The molecule has 1 aromatic carbocycles. The number of amides is 3. The van der Waals surface area contributed by atoms with Gasteiger partial charge in [0.1, 0.15) is 11.6 Å². The van der Waals surface area contributed by atoms with Gasteiger partial charge in [0, 0.05) is 32.8 Å². The minimum absolute atomic E-state index is 0.122. The molecule has 0 aliphatic carbocycles. The first kappa shape index (κ1) is 29.3. The third-order valence-electron chi connectivity index (χ3n) is 8.61. The standard InChI is InChI=1S/C30H40ClN3O5/c1-5-16-32(17-6-2)26(36)23-24-27(37)34(19-11-20-35)25(30(24)15-14-29(23,8-4)39-30)28(38)33(18-7-3)22-13-10-9-12-21(22)31/h5,7,9-10,12-13,23-25,35H,1,3,6,8,11,14-20H2,2,4H3/t23-,24+,25?,29+,30?/m1/s1. The number of aliphatic hydroxyl groups excluding tert-OH is 1. The Bertz CT molecular complexity index is 1130. The van der Waals surface area contributed by atoms with Crippen molar-refractivity contribution >= 4 is 35.0 Å². The van der Waals surface area contributed by atoms with E-state index in [0.717, 1.165) is 6.42 Å². The van der Waals surface area contributed by atoms with E-state index in [-0.39, 0.29) is 37.4 Å². The molecule has 3 heterocycles. The van der Waals surface area contributed by atoms with Gasteiger partial charge in [-0.15, -0.1) is 13.2 Å². The van der Waals surface area contributed by atoms with Crippen molar-refractivity contribution in [1.29, 1.82) is 0 Å². The topological polar surface area (TPSA) is 90.4 Å². The highest BCUT2D eigenvalue weighted by Gasteiger charge is 2.79. The van der Waals surface area contributed by atoms with E-state index in [9.17, 15) is 19.5 Å². The van der Waals surface area contributed by atoms with Crippen molar-refractivity contribution in [3.8, 4) is 0 Å². The summed E-state index contributed by atoms with van der Waals surface area (Å²) in [4.78, 5) is 47.7. The van der Waals surface area contributed by atoms with Crippen LogP contribution in [0.2, 0.25) is 5.02 Å². The minimum Gasteiger partial charge on any atom is -0.396 e. The van der Waals surface area contributed by atoms with Crippen LogP contribution in [0.25, 0.3) is 0 Å². The Morgan fingerprint density at radius 1 is 1.18 bits per heavy atom. The first-order chi connectivity index (χ1) is 18.8. The first-order valence-corrected chi connectivity index (χ1v) is 14.3. The molecule has 0 aromatic heterocycles. The van der Waals surface area contributed by atoms with Crippen molar-refractivity contribution in [3.63, 3.8) is 0 Å². The second kappa shape index (κ2) is 11.8. The fourth-order valence-electron chi connectivity index (χ4n) is 7.02. The highest BCUT2D eigenvalue weighted by atomic mass is 35.5. The smallest absolute Gasteiger partial charge is 0.253 e. The predicted octanol–water partition coefficient (Wildman–Crippen LogP) is 3.82. The van der Waals surface area contributed by atoms with Gasteiger partial charge in [0.05, 0.1) is 28.1 Å². The number of likely N-dealkylation sites (tertiary alicyclic amines) is 1. The summed E-state index contributed by atoms with van der Waals surface area (Å²) in [6.45, 7) is 12.8. The Kier molecular flexibility index (Phi) is 8.88. The highest BCUT2D eigenvalue weighted by molar-refractivity contribution is 6.34. The monoisotopic (exact) mass is 557 g/mol. The van der Waals surface area contributed by atoms with Crippen molar-refractivity contribution in [3.05, 3.63) is 54.6 Å². The molecule has 8 nitrogen and oxygen atoms in total. The number of anilines is 1. The average molecular weight is 558 g/mol. The number of hydrogen-bond donors (Lipinski definition) is 1. The first-order valence-electron chi connectivity index (χ1n) is 13.9. The molecule has 0 saturated carbocycles. The maximum absolute atomic E-state index is 14.5. The Morgan fingerprint density at radius 2 is 1.90 bits per heavy atom. The van der Waals surface area contributed by atoms with Gasteiger partial charge < -0.3 is 24.5 Å². The predicted molar refractivity (Wildman–Crippen MR) is 151 cm³/mol. The van der Waals surface area contributed by atoms with Crippen LogP contribution >= 0.6 is 11.6 Å². The van der Waals surface area contributed by atoms with Crippen molar-refractivity contribution < 1.29 is 24.2 Å². The summed E-state index contributed by atoms with van der Waals surface area (Å²) < 4.78 is 6.87. The van der Waals surface area contributed by atoms with Gasteiger partial charge in [-0.3, -0.25) is 14.4 Å². The molecule has 2 unspecified atom stereocenters. The van der Waals surface area contributed by atoms with E-state index >= 15 is 0 Å². The molecule has 0 radical (unpaired) electrons. The van der Waals surface area contributed by atoms with Crippen molar-refractivity contribution in [2.75, 3.05) is 37.7 Å². The molecule has 5 atom stereocenters. The molecule has 3 aliphatic heterocycles. The van der Waals surface area contributed by atoms with E-state index in [0.29, 0.717) is 49.5 Å². The molecule has 2 bridgehead atoms. The molecule has 212 valence electrons. The van der Waals surface area contributed by atoms with Crippen LogP contribution in [0.5, 0.6) is 0 Å². The summed E-state index contributed by atoms with van der Waals surface area (Å²) in [5, 5.41) is 10.0. The van der Waals surface area contributed by atoms with Crippen molar-refractivity contribution in [2.45, 2.75) is 63.2 Å². The summed E-state index contributed by atoms with van der Waals surface area (Å²) in [6, 6.07) is 6.11. The van der Waals surface area contributed by atoms with Crippen LogP contribution in [0, 0.1) is 11.8 Å². The lowest BCUT2D eigenvalue weighted by molar-refractivity contribution is -0.151. The number of ether oxygens (including phenoxy) is 1. The molecule has 3 saturated heterocycles. The third kappa shape index (κ3) is 4.70. The number of fused-ring (bicyclic) bond motifs is 1. The molecule has 1 spiro atoms. The summed E-state index contributed by atoms with van der Waals surface area (Å²) >= 11 is 6.51. The second-order valence-electron chi connectivity index (χ2n) is 10.7. The number of hydrogen-bond acceptors (Lipinski definition) is 5. The van der Waals surface area contributed by atoms with E-state index in [2.05, 4.69) is 13.2 Å². The summed E-state index contributed by atoms with van der Waals surface area (Å²) in [5.41, 5.74) is -1.45. The van der Waals surface area contributed by atoms with E-state index in [4.69, 9.17) is 16.3 Å². The van der Waals surface area contributed by atoms with Crippen LogP contribution in [0.4, 0.5) is 5.69 Å². The molecule has 3 amide bonds. The number of para-hydroxylation sites is 1. The number of nitrogens with zero attached hydrogens (tertiary/aromatic N) is 3. The van der Waals surface area contributed by atoms with Gasteiger partial charge in [0.15, 0.2) is 0 Å². The average Bonchev–Trinajstić information content (AvgIpc) is 3.53. The van der Waals surface area contributed by atoms with Gasteiger partial charge >= 0.3 is 0 Å². The van der Waals surface area contributed by atoms with Crippen molar-refractivity contribution in [2.24, 2.45) is 11.8 Å². The van der Waals surface area contributed by atoms with Crippen molar-refractivity contribution in [1.82, 2.24) is 9.80 Å². The zero-order chi connectivity index (χ0) is 28.4. The van der Waals surface area contributed by atoms with Gasteiger partial charge in [0.25, 0.3) is 5.91 Å². The zero-order valence-corrected chi connectivity index (χ0v) is 23.7.